The summed E-state index contributed by atoms with van der Waals surface area (Å²) in [7, 11) is 0. The molecule has 0 unspecified atom stereocenters. The molecule has 0 radical (unpaired) electrons. The van der Waals surface area contributed by atoms with Crippen molar-refractivity contribution in [2.75, 3.05) is 13.1 Å². The van der Waals surface area contributed by atoms with E-state index in [1.165, 1.54) is 37.3 Å². The zero-order chi connectivity index (χ0) is 34.5. The van der Waals surface area contributed by atoms with Gasteiger partial charge in [0.25, 0.3) is 0 Å². The average molecular weight is 667 g/mol. The van der Waals surface area contributed by atoms with Gasteiger partial charge in [-0.05, 0) is 48.6 Å². The van der Waals surface area contributed by atoms with Gasteiger partial charge in [-0.2, -0.15) is 0 Å². The van der Waals surface area contributed by atoms with E-state index < -0.39 is 0 Å². The minimum atomic E-state index is -0.356. The molecule has 3 heterocycles. The molecule has 0 aromatic rings. The number of Topliss-reactive ketones (excluding diaryl/α,β-unsaturated/α-hetero) is 4. The van der Waals surface area contributed by atoms with Gasteiger partial charge >= 0.3 is 0 Å². The number of allylic oxidation sites excluding steroid dienone is 20. The summed E-state index contributed by atoms with van der Waals surface area (Å²) in [5, 5.41) is 0. The van der Waals surface area contributed by atoms with Gasteiger partial charge in [-0.1, -0.05) is 24.3 Å². The second-order valence-electron chi connectivity index (χ2n) is 10.8. The Hall–Kier alpha value is -7.22. The summed E-state index contributed by atoms with van der Waals surface area (Å²) in [5.41, 5.74) is 13.4. The number of ketones is 4. The summed E-state index contributed by atoms with van der Waals surface area (Å²) in [5.74, 6) is -0.856. The minimum Gasteiger partial charge on any atom is -0.420 e. The largest absolute Gasteiger partial charge is 0.420 e. The Balaban J connectivity index is 1.17. The monoisotopic (exact) mass is 666 g/mol. The molecule has 14 heteroatoms. The number of fused-ring (bicyclic) bond motifs is 12. The van der Waals surface area contributed by atoms with Crippen LogP contribution >= 0.6 is 0 Å². The quantitative estimate of drug-likeness (QED) is 0.299. The second-order valence-corrected chi connectivity index (χ2v) is 10.8. The van der Waals surface area contributed by atoms with E-state index in [1.54, 1.807) is 72.9 Å². The Morgan fingerprint density at radius 3 is 1.06 bits per heavy atom. The molecule has 246 valence electrons. The number of rotatable bonds is 0. The molecule has 0 saturated carbocycles. The Morgan fingerprint density at radius 2 is 0.740 bits per heavy atom. The van der Waals surface area contributed by atoms with Gasteiger partial charge in [-0.15, -0.1) is 0 Å². The Labute approximate surface area is 284 Å². The highest BCUT2D eigenvalue weighted by molar-refractivity contribution is 6.25. The maximum absolute atomic E-state index is 13.2. The predicted molar refractivity (Wildman–Crippen MR) is 185 cm³/mol. The molecule has 0 spiro atoms. The smallest absolute Gasteiger partial charge is 0.225 e. The number of ether oxygens (including phenoxy) is 2. The van der Waals surface area contributed by atoms with Crippen LogP contribution in [0.3, 0.4) is 0 Å². The average Bonchev–Trinajstić information content (AvgIpc) is 3.81. The lowest BCUT2D eigenvalue weighted by Crippen LogP contribution is -2.24. The molecule has 0 aromatic heterocycles. The van der Waals surface area contributed by atoms with Crippen molar-refractivity contribution in [3.8, 4) is 0 Å². The van der Waals surface area contributed by atoms with Crippen LogP contribution in [0.5, 0.6) is 0 Å². The summed E-state index contributed by atoms with van der Waals surface area (Å²) < 4.78 is 11.7. The van der Waals surface area contributed by atoms with Crippen LogP contribution < -0.4 is 21.7 Å². The van der Waals surface area contributed by atoms with Crippen molar-refractivity contribution in [2.45, 2.75) is 0 Å². The molecule has 4 N–H and O–H groups in total. The maximum atomic E-state index is 13.2. The first-order valence-electron chi connectivity index (χ1n) is 15.3. The number of nitrogens with zero attached hydrogens (tertiary/aromatic N) is 4. The number of carbonyl (C=O) groups is 4. The van der Waals surface area contributed by atoms with Gasteiger partial charge in [-0.3, -0.25) is 60.9 Å². The SMILES string of the molecule is O=C1C2=CC=CC1=C1NNC(=C3C=CC=C(C=NCCN=CC4=CC=CC(=C5NN/C(=C6/C=CC=C(C=N/C=C\N=C2)C6=O)O5)C4=O)C3=O)O1. The maximum Gasteiger partial charge on any atom is 0.225 e. The van der Waals surface area contributed by atoms with E-state index in [0.29, 0.717) is 11.1 Å². The Kier molecular flexibility index (Phi) is 8.70. The minimum absolute atomic E-state index is 0.125. The summed E-state index contributed by atoms with van der Waals surface area (Å²) in [6, 6.07) is 0. The zero-order valence-corrected chi connectivity index (χ0v) is 26.0. The number of nitrogens with one attached hydrogen (secondary N) is 4. The second kappa shape index (κ2) is 13.9. The number of carbonyl (C=O) groups excluding carboxylic acids is 4. The van der Waals surface area contributed by atoms with Crippen LogP contribution in [0.1, 0.15) is 0 Å². The Morgan fingerprint density at radius 1 is 0.440 bits per heavy atom. The van der Waals surface area contributed by atoms with Gasteiger partial charge in [0.05, 0.1) is 35.4 Å². The molecule has 0 aromatic carbocycles. The molecule has 7 aliphatic rings. The number of hydrazine groups is 2. The van der Waals surface area contributed by atoms with Crippen LogP contribution in [0.2, 0.25) is 0 Å². The van der Waals surface area contributed by atoms with Crippen LogP contribution in [-0.4, -0.2) is 61.1 Å². The fourth-order valence-electron chi connectivity index (χ4n) is 5.13. The Bertz CT molecular complexity index is 2020. The topological polar surface area (TPSA) is 184 Å². The third-order valence-electron chi connectivity index (χ3n) is 7.63. The van der Waals surface area contributed by atoms with Crippen molar-refractivity contribution in [1.29, 1.82) is 0 Å². The first kappa shape index (κ1) is 31.4. The highest BCUT2D eigenvalue weighted by Crippen LogP contribution is 2.26. The normalized spacial score (nSPS) is 23.7. The fourth-order valence-corrected chi connectivity index (χ4v) is 5.13. The van der Waals surface area contributed by atoms with E-state index >= 15 is 0 Å². The highest BCUT2D eigenvalue weighted by atomic mass is 16.5. The lowest BCUT2D eigenvalue weighted by atomic mass is 9.99. The van der Waals surface area contributed by atoms with Gasteiger partial charge in [0.2, 0.25) is 23.5 Å². The standard InChI is InChI=1S/C36H26N8O6/c45-29-21-5-1-9-25(29)33-41-42-34(49-33)26-10-2-6-22(30(26)46)19-39-15-16-40-20-24-8-4-12-28(32(24)48)36-44-43-35(50-36)27-11-3-7-23(31(27)47)18-38-14-13-37-17-21/h1-14,17-20,41-44H,15-16H2/b14-13-,33-25+,34-26?,35-27?,36-28?,37-17?,38-18?,39-19?,40-20?. The number of aliphatic imine (C=N–C) groups is 4. The summed E-state index contributed by atoms with van der Waals surface area (Å²) in [6.07, 6.45) is 28.0. The summed E-state index contributed by atoms with van der Waals surface area (Å²) >= 11 is 0. The molecule has 50 heavy (non-hydrogen) atoms. The van der Waals surface area contributed by atoms with Crippen molar-refractivity contribution < 1.29 is 28.7 Å². The first-order chi connectivity index (χ1) is 24.5. The van der Waals surface area contributed by atoms with Crippen LogP contribution in [0.15, 0.2) is 173 Å². The molecule has 3 aliphatic heterocycles. The summed E-state index contributed by atoms with van der Waals surface area (Å²) in [6.45, 7) is 0.512. The molecule has 0 atom stereocenters. The van der Waals surface area contributed by atoms with E-state index in [0.717, 1.165) is 0 Å². The molecule has 2 saturated heterocycles. The molecule has 12 bridgehead atoms. The number of hydrogen-bond acceptors (Lipinski definition) is 14. The fraction of sp³-hybridized carbons (Fsp3) is 0.0556. The van der Waals surface area contributed by atoms with Crippen molar-refractivity contribution in [1.82, 2.24) is 21.7 Å². The third-order valence-corrected chi connectivity index (χ3v) is 7.63. The highest BCUT2D eigenvalue weighted by Gasteiger charge is 2.30. The zero-order valence-electron chi connectivity index (χ0n) is 26.0. The van der Waals surface area contributed by atoms with E-state index in [-0.39, 0.29) is 93.2 Å². The van der Waals surface area contributed by atoms with E-state index in [4.69, 9.17) is 9.47 Å². The van der Waals surface area contributed by atoms with E-state index in [1.807, 2.05) is 0 Å². The lowest BCUT2D eigenvalue weighted by Gasteiger charge is -2.10. The summed E-state index contributed by atoms with van der Waals surface area (Å²) in [4.78, 5) is 69.9. The molecule has 2 fully saturated rings. The van der Waals surface area contributed by atoms with Crippen molar-refractivity contribution >= 4 is 48.0 Å². The van der Waals surface area contributed by atoms with Crippen LogP contribution in [0.4, 0.5) is 0 Å². The van der Waals surface area contributed by atoms with Crippen LogP contribution in [-0.2, 0) is 28.7 Å². The predicted octanol–water partition coefficient (Wildman–Crippen LogP) is 2.11. The number of hydrogen-bond donors (Lipinski definition) is 4. The van der Waals surface area contributed by atoms with Gasteiger partial charge in [-0.25, -0.2) is 0 Å². The first-order valence-corrected chi connectivity index (χ1v) is 15.3. The molecule has 4 aliphatic carbocycles. The van der Waals surface area contributed by atoms with E-state index in [9.17, 15) is 19.2 Å². The molecule has 14 nitrogen and oxygen atoms in total. The molecular weight excluding hydrogens is 640 g/mol. The third kappa shape index (κ3) is 6.35. The molecular formula is C36H26N8O6. The van der Waals surface area contributed by atoms with Gasteiger partial charge in [0, 0.05) is 59.6 Å². The van der Waals surface area contributed by atoms with Gasteiger partial charge in [0.1, 0.15) is 0 Å². The van der Waals surface area contributed by atoms with Crippen LogP contribution in [0, 0.1) is 0 Å². The van der Waals surface area contributed by atoms with Crippen molar-refractivity contribution in [2.24, 2.45) is 20.0 Å². The van der Waals surface area contributed by atoms with Crippen LogP contribution in [0.25, 0.3) is 0 Å². The lowest BCUT2D eigenvalue weighted by molar-refractivity contribution is -0.112. The van der Waals surface area contributed by atoms with Gasteiger partial charge < -0.3 is 9.47 Å². The van der Waals surface area contributed by atoms with Crippen molar-refractivity contribution in [3.05, 3.63) is 153 Å². The van der Waals surface area contributed by atoms with E-state index in [2.05, 4.69) is 41.7 Å². The van der Waals surface area contributed by atoms with Crippen molar-refractivity contribution in [3.63, 3.8) is 0 Å². The molecule has 7 rings (SSSR count). The van der Waals surface area contributed by atoms with Gasteiger partial charge in [0.15, 0.2) is 23.1 Å². The molecule has 0 amide bonds.